The number of fused-ring (bicyclic) bond motifs is 2. The van der Waals surface area contributed by atoms with E-state index in [9.17, 15) is 105 Å². The molecule has 570 valence electrons. The topological polar surface area (TPSA) is 499 Å². The molecule has 12 N–H and O–H groups in total. The maximum absolute atomic E-state index is 14.8. The SMILES string of the molecule is CC(C(=O)NCC(=O)NNC(=O)CN(CCN(CC(=O)NNC(=O)CNC(=O)C(C)N1CCN(CC(=O)O)CCN(CC(=O)O)CCN(CC(=O)O)CC1)S(=O)(=O)c1ccc2ccccc2c1)S(=O)(=O)c1ccc2ccccc2c1)N1CCN(CC(=O)O)CCN(CC(=O)O)CCN(CC(=O)O)CC1. The van der Waals surface area contributed by atoms with E-state index in [1.807, 2.05) is 0 Å². The third-order valence-corrected chi connectivity index (χ3v) is 20.9. The molecule has 0 saturated carbocycles. The number of hydrogen-bond donors (Lipinski definition) is 12. The molecule has 2 aliphatic rings. The van der Waals surface area contributed by atoms with E-state index in [0.717, 1.165) is 0 Å². The van der Waals surface area contributed by atoms with Gasteiger partial charge in [-0.3, -0.25) is 118 Å². The number of hydrogen-bond acceptors (Lipinski definition) is 24. The highest BCUT2D eigenvalue weighted by atomic mass is 32.2. The van der Waals surface area contributed by atoms with E-state index >= 15 is 0 Å². The van der Waals surface area contributed by atoms with Crippen LogP contribution in [-0.4, -0.2) is 362 Å². The minimum Gasteiger partial charge on any atom is -0.480 e. The number of nitrogens with one attached hydrogen (secondary N) is 6. The fourth-order valence-corrected chi connectivity index (χ4v) is 14.3. The van der Waals surface area contributed by atoms with Crippen LogP contribution in [0.3, 0.4) is 0 Å². The lowest BCUT2D eigenvalue weighted by Crippen LogP contribution is -2.55. The number of aliphatic carboxylic acids is 6. The Hall–Kier alpha value is -9.46. The molecular formula is C64H90N16O22S2. The average Bonchev–Trinajstić information content (AvgIpc) is 0.788. The van der Waals surface area contributed by atoms with Crippen molar-refractivity contribution in [2.45, 2.75) is 35.7 Å². The van der Waals surface area contributed by atoms with Gasteiger partial charge in [0, 0.05) is 118 Å². The minimum atomic E-state index is -4.82. The largest absolute Gasteiger partial charge is 0.480 e. The molecule has 4 aromatic carbocycles. The summed E-state index contributed by atoms with van der Waals surface area (Å²) in [5.41, 5.74) is 8.41. The number of amides is 6. The zero-order chi connectivity index (χ0) is 76.3. The van der Waals surface area contributed by atoms with Crippen molar-refractivity contribution in [3.8, 4) is 0 Å². The molecule has 0 radical (unpaired) electrons. The average molecular weight is 1500 g/mol. The molecule has 40 heteroatoms. The molecule has 0 aromatic heterocycles. The summed E-state index contributed by atoms with van der Waals surface area (Å²) >= 11 is 0. The number of sulfonamides is 2. The molecule has 2 saturated heterocycles. The summed E-state index contributed by atoms with van der Waals surface area (Å²) < 4.78 is 60.3. The first kappa shape index (κ1) is 83.5. The maximum atomic E-state index is 14.8. The quantitative estimate of drug-likeness (QED) is 0.0210. The van der Waals surface area contributed by atoms with Gasteiger partial charge in [0.1, 0.15) is 0 Å². The van der Waals surface area contributed by atoms with Gasteiger partial charge in [0.25, 0.3) is 23.6 Å². The lowest BCUT2D eigenvalue weighted by Gasteiger charge is -2.35. The van der Waals surface area contributed by atoms with Gasteiger partial charge >= 0.3 is 35.8 Å². The van der Waals surface area contributed by atoms with Gasteiger partial charge in [0.2, 0.25) is 31.9 Å². The summed E-state index contributed by atoms with van der Waals surface area (Å²) in [5, 5.41) is 64.7. The monoisotopic (exact) mass is 1500 g/mol. The number of carboxylic acid groups (broad SMARTS) is 6. The normalized spacial score (nSPS) is 16.8. The smallest absolute Gasteiger partial charge is 0.317 e. The van der Waals surface area contributed by atoms with Crippen molar-refractivity contribution < 1.29 is 105 Å². The molecule has 2 fully saturated rings. The number of benzene rings is 4. The molecule has 0 aliphatic carbocycles. The van der Waals surface area contributed by atoms with Gasteiger partial charge in [0.15, 0.2) is 0 Å². The maximum Gasteiger partial charge on any atom is 0.317 e. The summed E-state index contributed by atoms with van der Waals surface area (Å²) in [7, 11) is -9.63. The van der Waals surface area contributed by atoms with E-state index < -0.39 is 169 Å². The Balaban J connectivity index is 1.15. The number of nitrogens with zero attached hydrogens (tertiary/aromatic N) is 10. The number of carboxylic acids is 6. The van der Waals surface area contributed by atoms with Crippen molar-refractivity contribution >= 4 is 113 Å². The summed E-state index contributed by atoms with van der Waals surface area (Å²) in [5.74, 6) is -12.7. The number of carbonyl (C=O) groups is 12. The summed E-state index contributed by atoms with van der Waals surface area (Å²) in [6, 6.07) is 19.5. The third-order valence-electron chi connectivity index (χ3n) is 17.2. The Labute approximate surface area is 599 Å². The lowest BCUT2D eigenvalue weighted by atomic mass is 10.1. The van der Waals surface area contributed by atoms with E-state index in [-0.39, 0.29) is 128 Å². The van der Waals surface area contributed by atoms with E-state index in [4.69, 9.17) is 0 Å². The van der Waals surface area contributed by atoms with Crippen molar-refractivity contribution in [1.29, 1.82) is 0 Å². The molecule has 2 atom stereocenters. The Morgan fingerprint density at radius 1 is 0.356 bits per heavy atom. The second kappa shape index (κ2) is 40.6. The second-order valence-electron chi connectivity index (χ2n) is 24.8. The van der Waals surface area contributed by atoms with Crippen LogP contribution in [0.2, 0.25) is 0 Å². The Bertz CT molecular complexity index is 3640. The molecule has 6 rings (SSSR count). The third kappa shape index (κ3) is 27.6. The molecule has 2 aliphatic heterocycles. The van der Waals surface area contributed by atoms with Crippen molar-refractivity contribution in [1.82, 2.24) is 80.1 Å². The lowest BCUT2D eigenvalue weighted by molar-refractivity contribution is -0.141. The van der Waals surface area contributed by atoms with Crippen molar-refractivity contribution in [3.63, 3.8) is 0 Å². The van der Waals surface area contributed by atoms with Gasteiger partial charge < -0.3 is 41.3 Å². The van der Waals surface area contributed by atoms with E-state index in [0.29, 0.717) is 30.2 Å². The second-order valence-corrected chi connectivity index (χ2v) is 28.6. The van der Waals surface area contributed by atoms with Gasteiger partial charge in [-0.1, -0.05) is 60.7 Å². The van der Waals surface area contributed by atoms with Crippen molar-refractivity contribution in [2.24, 2.45) is 0 Å². The molecule has 0 spiro atoms. The van der Waals surface area contributed by atoms with Gasteiger partial charge in [-0.2, -0.15) is 8.61 Å². The number of carbonyl (C=O) groups excluding carboxylic acids is 6. The van der Waals surface area contributed by atoms with E-state index in [1.165, 1.54) is 50.2 Å². The van der Waals surface area contributed by atoms with Crippen LogP contribution in [0.4, 0.5) is 0 Å². The highest BCUT2D eigenvalue weighted by Gasteiger charge is 2.34. The zero-order valence-corrected chi connectivity index (χ0v) is 59.2. The molecule has 0 bridgehead atoms. The van der Waals surface area contributed by atoms with Crippen LogP contribution in [0.1, 0.15) is 13.8 Å². The van der Waals surface area contributed by atoms with Crippen LogP contribution in [0.5, 0.6) is 0 Å². The number of rotatable bonds is 31. The minimum absolute atomic E-state index is 0.0672. The van der Waals surface area contributed by atoms with Crippen LogP contribution in [-0.2, 0) is 77.6 Å². The molecule has 6 amide bonds. The fourth-order valence-electron chi connectivity index (χ4n) is 11.5. The van der Waals surface area contributed by atoms with Gasteiger partial charge in [-0.25, -0.2) is 16.8 Å². The number of hydrazine groups is 2. The van der Waals surface area contributed by atoms with Gasteiger partial charge in [-0.15, -0.1) is 0 Å². The first-order valence-corrected chi connectivity index (χ1v) is 36.0. The van der Waals surface area contributed by atoms with Crippen LogP contribution in [0.15, 0.2) is 94.7 Å². The molecule has 104 heavy (non-hydrogen) atoms. The predicted molar refractivity (Wildman–Crippen MR) is 371 cm³/mol. The highest BCUT2D eigenvalue weighted by molar-refractivity contribution is 7.89. The van der Waals surface area contributed by atoms with Crippen molar-refractivity contribution in [2.75, 3.05) is 183 Å². The molecule has 38 nitrogen and oxygen atoms in total. The van der Waals surface area contributed by atoms with Gasteiger partial charge in [0.05, 0.1) is 87.3 Å². The highest BCUT2D eigenvalue weighted by Crippen LogP contribution is 2.25. The van der Waals surface area contributed by atoms with Crippen molar-refractivity contribution in [3.05, 3.63) is 84.9 Å². The Kier molecular flexibility index (Phi) is 32.6. The van der Waals surface area contributed by atoms with E-state index in [2.05, 4.69) is 32.3 Å². The Morgan fingerprint density at radius 3 is 0.856 bits per heavy atom. The van der Waals surface area contributed by atoms with Crippen LogP contribution in [0.25, 0.3) is 21.5 Å². The van der Waals surface area contributed by atoms with E-state index in [1.54, 1.807) is 87.7 Å². The fraction of sp³-hybridized carbons (Fsp3) is 0.500. The van der Waals surface area contributed by atoms with Crippen LogP contribution < -0.4 is 32.3 Å². The first-order chi connectivity index (χ1) is 49.2. The summed E-state index contributed by atoms with van der Waals surface area (Å²) in [6.45, 7) is -3.29. The van der Waals surface area contributed by atoms with Crippen LogP contribution >= 0.6 is 0 Å². The predicted octanol–water partition coefficient (Wildman–Crippen LogP) is -5.07. The first-order valence-electron chi connectivity index (χ1n) is 33.1. The molecule has 4 aromatic rings. The van der Waals surface area contributed by atoms with Crippen LogP contribution in [0, 0.1) is 0 Å². The Morgan fingerprint density at radius 2 is 0.596 bits per heavy atom. The summed E-state index contributed by atoms with van der Waals surface area (Å²) in [6.07, 6.45) is 0. The van der Waals surface area contributed by atoms with Gasteiger partial charge in [-0.05, 0) is 59.7 Å². The standard InChI is InChI=1S/C64H90N16O22S2/c1-45(77-27-23-73(41-59(89)90)19-15-71(39-57(85)86)16-20-74(24-28-77)42-60(91)92)63(97)65-35-53(81)67-69-55(83)37-79(103(99,100)51-13-11-47-7-3-5-9-49(47)33-51)31-32-80(104(101,102)52-14-12-48-8-4-6-10-50(48)34-52)38-56(84)70-68-54(82)36-66-64(98)46(2)78-29-25-75(43-61(93)94)21-17-72(40-58(87)88)18-22-76(26-30-78)44-62(95)96/h3-14,33-34,45-46H,15-32,35-44H2,1-2H3,(H,65,97)(H,66,98)(H,67,81)(H,68,82)(H,69,83)(H,70,84)(H,85,86)(H,87,88)(H,89,90)(H,91,92)(H,93,94)(H,95,96). The molecular weight excluding hydrogens is 1410 g/mol. The summed E-state index contributed by atoms with van der Waals surface area (Å²) in [4.78, 5) is 164. The zero-order valence-electron chi connectivity index (χ0n) is 57.5. The molecule has 2 unspecified atom stereocenters. The molecule has 2 heterocycles.